The molecular weight excluding hydrogens is 176 g/mol. The molecule has 1 heterocycles. The van der Waals surface area contributed by atoms with Crippen molar-refractivity contribution in [2.75, 3.05) is 26.1 Å². The largest absolute Gasteiger partial charge is 0.356 e. The molecule has 12 heavy (non-hydrogen) atoms. The molecule has 0 fully saturated rings. The van der Waals surface area contributed by atoms with Crippen LogP contribution in [0.25, 0.3) is 0 Å². The quantitative estimate of drug-likeness (QED) is 0.717. The van der Waals surface area contributed by atoms with Crippen LogP contribution in [-0.2, 0) is 0 Å². The normalized spacial score (nSPS) is 10.3. The van der Waals surface area contributed by atoms with Crippen molar-refractivity contribution < 1.29 is 0 Å². The molecule has 4 nitrogen and oxygen atoms in total. The highest BCUT2D eigenvalue weighted by Gasteiger charge is 1.94. The smallest absolute Gasteiger partial charge is 0.151 e. The van der Waals surface area contributed by atoms with E-state index in [-0.39, 0.29) is 0 Å². The van der Waals surface area contributed by atoms with Crippen LogP contribution >= 0.6 is 11.6 Å². The Balaban J connectivity index is 2.48. The number of anilines is 1. The summed E-state index contributed by atoms with van der Waals surface area (Å²) in [5.41, 5.74) is 0. The SMILES string of the molecule is CN(C)CNc1ccc(Cl)nn1. The third kappa shape index (κ3) is 3.02. The Hall–Kier alpha value is -0.870. The summed E-state index contributed by atoms with van der Waals surface area (Å²) < 4.78 is 0. The number of aromatic nitrogens is 2. The molecule has 1 rings (SSSR count). The van der Waals surface area contributed by atoms with Crippen molar-refractivity contribution in [2.45, 2.75) is 0 Å². The van der Waals surface area contributed by atoms with Gasteiger partial charge in [-0.1, -0.05) is 11.6 Å². The highest BCUT2D eigenvalue weighted by molar-refractivity contribution is 6.29. The van der Waals surface area contributed by atoms with Gasteiger partial charge in [-0.2, -0.15) is 0 Å². The minimum Gasteiger partial charge on any atom is -0.356 e. The van der Waals surface area contributed by atoms with Crippen LogP contribution in [0.2, 0.25) is 5.15 Å². The maximum absolute atomic E-state index is 5.56. The average Bonchev–Trinajstić information content (AvgIpc) is 2.03. The fourth-order valence-electron chi connectivity index (χ4n) is 0.649. The van der Waals surface area contributed by atoms with Crippen LogP contribution in [-0.4, -0.2) is 35.9 Å². The molecule has 66 valence electrons. The van der Waals surface area contributed by atoms with E-state index in [9.17, 15) is 0 Å². The molecule has 0 aliphatic heterocycles. The Morgan fingerprint density at radius 2 is 2.17 bits per heavy atom. The first kappa shape index (κ1) is 9.22. The zero-order valence-corrected chi connectivity index (χ0v) is 7.84. The van der Waals surface area contributed by atoms with E-state index in [4.69, 9.17) is 11.6 Å². The molecule has 0 saturated heterocycles. The number of nitrogens with one attached hydrogen (secondary N) is 1. The zero-order chi connectivity index (χ0) is 8.97. The second-order valence-corrected chi connectivity index (χ2v) is 3.04. The predicted molar refractivity (Wildman–Crippen MR) is 49.2 cm³/mol. The summed E-state index contributed by atoms with van der Waals surface area (Å²) in [6.45, 7) is 0.732. The van der Waals surface area contributed by atoms with E-state index in [2.05, 4.69) is 15.5 Å². The van der Waals surface area contributed by atoms with Gasteiger partial charge in [0.05, 0.1) is 6.67 Å². The summed E-state index contributed by atoms with van der Waals surface area (Å²) >= 11 is 5.56. The maximum atomic E-state index is 5.56. The van der Waals surface area contributed by atoms with Gasteiger partial charge in [0.15, 0.2) is 5.15 Å². The van der Waals surface area contributed by atoms with Crippen molar-refractivity contribution in [1.29, 1.82) is 0 Å². The summed E-state index contributed by atoms with van der Waals surface area (Å²) in [5, 5.41) is 11.0. The van der Waals surface area contributed by atoms with Gasteiger partial charge >= 0.3 is 0 Å². The van der Waals surface area contributed by atoms with Gasteiger partial charge in [-0.25, -0.2) is 0 Å². The molecule has 1 aromatic rings. The summed E-state index contributed by atoms with van der Waals surface area (Å²) in [6.07, 6.45) is 0. The van der Waals surface area contributed by atoms with E-state index >= 15 is 0 Å². The summed E-state index contributed by atoms with van der Waals surface area (Å²) in [5.74, 6) is 0.730. The van der Waals surface area contributed by atoms with Crippen LogP contribution in [0, 0.1) is 0 Å². The molecule has 0 aliphatic carbocycles. The van der Waals surface area contributed by atoms with Gasteiger partial charge in [0.1, 0.15) is 5.82 Å². The Morgan fingerprint density at radius 1 is 1.42 bits per heavy atom. The van der Waals surface area contributed by atoms with Crippen molar-refractivity contribution in [1.82, 2.24) is 15.1 Å². The Labute approximate surface area is 76.5 Å². The molecule has 0 unspecified atom stereocenters. The number of hydrogen-bond acceptors (Lipinski definition) is 4. The maximum Gasteiger partial charge on any atom is 0.151 e. The molecule has 1 aromatic heterocycles. The van der Waals surface area contributed by atoms with Crippen LogP contribution in [0.1, 0.15) is 0 Å². The van der Waals surface area contributed by atoms with Crippen molar-refractivity contribution in [3.63, 3.8) is 0 Å². The van der Waals surface area contributed by atoms with Gasteiger partial charge in [-0.3, -0.25) is 4.90 Å². The summed E-state index contributed by atoms with van der Waals surface area (Å²) in [7, 11) is 3.94. The van der Waals surface area contributed by atoms with E-state index in [1.165, 1.54) is 0 Å². The predicted octanol–water partition coefficient (Wildman–Crippen LogP) is 1.06. The van der Waals surface area contributed by atoms with Gasteiger partial charge in [-0.05, 0) is 26.2 Å². The average molecular weight is 187 g/mol. The fourth-order valence-corrected chi connectivity index (χ4v) is 0.750. The first-order chi connectivity index (χ1) is 5.68. The third-order valence-corrected chi connectivity index (χ3v) is 1.41. The van der Waals surface area contributed by atoms with Gasteiger partial charge in [0.25, 0.3) is 0 Å². The third-order valence-electron chi connectivity index (χ3n) is 1.21. The lowest BCUT2D eigenvalue weighted by Gasteiger charge is -2.10. The van der Waals surface area contributed by atoms with Crippen LogP contribution in [0.4, 0.5) is 5.82 Å². The molecule has 1 N–H and O–H groups in total. The molecule has 0 aromatic carbocycles. The Morgan fingerprint density at radius 3 is 2.67 bits per heavy atom. The van der Waals surface area contributed by atoms with Crippen molar-refractivity contribution >= 4 is 17.4 Å². The monoisotopic (exact) mass is 186 g/mol. The van der Waals surface area contributed by atoms with Gasteiger partial charge in [0.2, 0.25) is 0 Å². The highest BCUT2D eigenvalue weighted by atomic mass is 35.5. The standard InChI is InChI=1S/C7H11ClN4/c1-12(2)5-9-7-4-3-6(8)10-11-7/h3-4H,5H2,1-2H3,(H,9,11). The number of halogens is 1. The van der Waals surface area contributed by atoms with E-state index in [1.54, 1.807) is 12.1 Å². The summed E-state index contributed by atoms with van der Waals surface area (Å²) in [6, 6.07) is 3.49. The second kappa shape index (κ2) is 4.23. The van der Waals surface area contributed by atoms with E-state index in [0.717, 1.165) is 12.5 Å². The highest BCUT2D eigenvalue weighted by Crippen LogP contribution is 2.05. The van der Waals surface area contributed by atoms with Crippen LogP contribution < -0.4 is 5.32 Å². The van der Waals surface area contributed by atoms with E-state index in [1.807, 2.05) is 19.0 Å². The van der Waals surface area contributed by atoms with Crippen molar-refractivity contribution in [3.05, 3.63) is 17.3 Å². The fraction of sp³-hybridized carbons (Fsp3) is 0.429. The molecule has 0 radical (unpaired) electrons. The van der Waals surface area contributed by atoms with Crippen LogP contribution in [0.5, 0.6) is 0 Å². The van der Waals surface area contributed by atoms with Gasteiger partial charge in [0, 0.05) is 0 Å². The molecular formula is C7H11ClN4. The molecule has 0 atom stereocenters. The topological polar surface area (TPSA) is 41.0 Å². The Kier molecular flexibility index (Phi) is 3.25. The molecule has 0 bridgehead atoms. The van der Waals surface area contributed by atoms with Crippen molar-refractivity contribution in [2.24, 2.45) is 0 Å². The zero-order valence-electron chi connectivity index (χ0n) is 7.08. The number of rotatable bonds is 3. The lowest BCUT2D eigenvalue weighted by Crippen LogP contribution is -2.20. The van der Waals surface area contributed by atoms with Crippen LogP contribution in [0.3, 0.4) is 0 Å². The minimum absolute atomic E-state index is 0.408. The Bertz CT molecular complexity index is 234. The lowest BCUT2D eigenvalue weighted by atomic mass is 10.5. The van der Waals surface area contributed by atoms with Crippen LogP contribution in [0.15, 0.2) is 12.1 Å². The first-order valence-electron chi connectivity index (χ1n) is 3.56. The molecule has 0 saturated carbocycles. The van der Waals surface area contributed by atoms with Crippen molar-refractivity contribution in [3.8, 4) is 0 Å². The van der Waals surface area contributed by atoms with Gasteiger partial charge in [-0.15, -0.1) is 10.2 Å². The summed E-state index contributed by atoms with van der Waals surface area (Å²) in [4.78, 5) is 2.00. The number of nitrogens with zero attached hydrogens (tertiary/aromatic N) is 3. The molecule has 0 spiro atoms. The van der Waals surface area contributed by atoms with Gasteiger partial charge < -0.3 is 5.32 Å². The first-order valence-corrected chi connectivity index (χ1v) is 3.94. The second-order valence-electron chi connectivity index (χ2n) is 2.66. The van der Waals surface area contributed by atoms with E-state index in [0.29, 0.717) is 5.15 Å². The lowest BCUT2D eigenvalue weighted by molar-refractivity contribution is 0.439. The van der Waals surface area contributed by atoms with E-state index < -0.39 is 0 Å². The molecule has 5 heteroatoms. The minimum atomic E-state index is 0.408. The number of hydrogen-bond donors (Lipinski definition) is 1. The molecule has 0 aliphatic rings. The molecule has 0 amide bonds.